The number of carboxylic acid groups (broad SMARTS) is 1. The molecule has 0 bridgehead atoms. The summed E-state index contributed by atoms with van der Waals surface area (Å²) in [6.07, 6.45) is 2.25. The maximum Gasteiger partial charge on any atom is 0.320 e. The topological polar surface area (TPSA) is 49.3 Å². The zero-order chi connectivity index (χ0) is 10.9. The molecule has 0 saturated heterocycles. The Morgan fingerprint density at radius 3 is 2.43 bits per heavy atom. The summed E-state index contributed by atoms with van der Waals surface area (Å²) < 4.78 is 0. The highest BCUT2D eigenvalue weighted by atomic mass is 16.4. The third kappa shape index (κ3) is 2.71. The zero-order valence-electron chi connectivity index (χ0n) is 9.50. The van der Waals surface area contributed by atoms with Gasteiger partial charge in [-0.3, -0.25) is 4.79 Å². The average Bonchev–Trinajstić information content (AvgIpc) is 2.24. The van der Waals surface area contributed by atoms with Gasteiger partial charge in [-0.1, -0.05) is 20.8 Å². The molecule has 1 aliphatic rings. The summed E-state index contributed by atoms with van der Waals surface area (Å²) in [5.41, 5.74) is 0.356. The molecule has 0 amide bonds. The van der Waals surface area contributed by atoms with E-state index in [1.165, 1.54) is 6.42 Å². The van der Waals surface area contributed by atoms with E-state index in [0.29, 0.717) is 17.4 Å². The molecular weight excluding hydrogens is 178 g/mol. The SMILES string of the molecule is CC1CC(C)(C)CC1N[C@@H](C)C(=O)O. The molecule has 0 heterocycles. The Hall–Kier alpha value is -0.570. The van der Waals surface area contributed by atoms with E-state index in [4.69, 9.17) is 5.11 Å². The van der Waals surface area contributed by atoms with Crippen molar-refractivity contribution >= 4 is 5.97 Å². The van der Waals surface area contributed by atoms with Gasteiger partial charge in [-0.15, -0.1) is 0 Å². The van der Waals surface area contributed by atoms with E-state index in [2.05, 4.69) is 26.1 Å². The smallest absolute Gasteiger partial charge is 0.320 e. The second kappa shape index (κ2) is 3.89. The molecule has 1 saturated carbocycles. The minimum atomic E-state index is -0.762. The van der Waals surface area contributed by atoms with Crippen LogP contribution in [-0.2, 0) is 4.79 Å². The van der Waals surface area contributed by atoms with E-state index >= 15 is 0 Å². The lowest BCUT2D eigenvalue weighted by Gasteiger charge is -2.21. The molecule has 82 valence electrons. The summed E-state index contributed by atoms with van der Waals surface area (Å²) in [6, 6.07) is -0.0764. The van der Waals surface area contributed by atoms with Crippen molar-refractivity contribution in [2.75, 3.05) is 0 Å². The molecule has 1 rings (SSSR count). The van der Waals surface area contributed by atoms with Crippen molar-refractivity contribution in [1.82, 2.24) is 5.32 Å². The van der Waals surface area contributed by atoms with Crippen molar-refractivity contribution < 1.29 is 9.90 Å². The first-order valence-electron chi connectivity index (χ1n) is 5.31. The van der Waals surface area contributed by atoms with Gasteiger partial charge in [0.1, 0.15) is 6.04 Å². The Kier molecular flexibility index (Phi) is 3.20. The van der Waals surface area contributed by atoms with Gasteiger partial charge in [0.2, 0.25) is 0 Å². The summed E-state index contributed by atoms with van der Waals surface area (Å²) in [5.74, 6) is -0.186. The van der Waals surface area contributed by atoms with Gasteiger partial charge in [0.25, 0.3) is 0 Å². The molecule has 0 aliphatic heterocycles. The van der Waals surface area contributed by atoms with E-state index in [0.717, 1.165) is 6.42 Å². The number of nitrogens with one attached hydrogen (secondary N) is 1. The molecule has 0 radical (unpaired) electrons. The van der Waals surface area contributed by atoms with Crippen LogP contribution in [0.4, 0.5) is 0 Å². The van der Waals surface area contributed by atoms with Gasteiger partial charge in [0.15, 0.2) is 0 Å². The van der Waals surface area contributed by atoms with Gasteiger partial charge in [-0.2, -0.15) is 0 Å². The summed E-state index contributed by atoms with van der Waals surface area (Å²) in [4.78, 5) is 10.7. The van der Waals surface area contributed by atoms with Gasteiger partial charge in [-0.25, -0.2) is 0 Å². The average molecular weight is 199 g/mol. The highest BCUT2D eigenvalue weighted by Gasteiger charge is 2.37. The lowest BCUT2D eigenvalue weighted by atomic mass is 9.91. The van der Waals surface area contributed by atoms with Gasteiger partial charge in [-0.05, 0) is 31.1 Å². The fourth-order valence-corrected chi connectivity index (χ4v) is 2.51. The van der Waals surface area contributed by atoms with Crippen LogP contribution in [0, 0.1) is 11.3 Å². The number of carboxylic acids is 1. The lowest BCUT2D eigenvalue weighted by molar-refractivity contribution is -0.139. The van der Waals surface area contributed by atoms with E-state index in [-0.39, 0.29) is 0 Å². The predicted octanol–water partition coefficient (Wildman–Crippen LogP) is 1.87. The van der Waals surface area contributed by atoms with Crippen LogP contribution in [0.25, 0.3) is 0 Å². The molecule has 3 nitrogen and oxygen atoms in total. The molecule has 0 aromatic heterocycles. The van der Waals surface area contributed by atoms with Crippen LogP contribution < -0.4 is 5.32 Å². The first kappa shape index (κ1) is 11.5. The number of hydrogen-bond donors (Lipinski definition) is 2. The van der Waals surface area contributed by atoms with E-state index in [1.54, 1.807) is 6.92 Å². The van der Waals surface area contributed by atoms with Crippen molar-refractivity contribution in [3.63, 3.8) is 0 Å². The maximum absolute atomic E-state index is 10.7. The fourth-order valence-electron chi connectivity index (χ4n) is 2.51. The highest BCUT2D eigenvalue weighted by molar-refractivity contribution is 5.72. The molecule has 3 atom stereocenters. The third-order valence-corrected chi connectivity index (χ3v) is 3.17. The number of aliphatic carboxylic acids is 1. The molecule has 0 spiro atoms. The van der Waals surface area contributed by atoms with Crippen LogP contribution in [0.1, 0.15) is 40.5 Å². The molecule has 3 heteroatoms. The Bertz CT molecular complexity index is 225. The minimum Gasteiger partial charge on any atom is -0.480 e. The quantitative estimate of drug-likeness (QED) is 0.729. The second-order valence-corrected chi connectivity index (χ2v) is 5.38. The molecule has 14 heavy (non-hydrogen) atoms. The molecule has 1 fully saturated rings. The predicted molar refractivity (Wildman–Crippen MR) is 56.2 cm³/mol. The third-order valence-electron chi connectivity index (χ3n) is 3.17. The lowest BCUT2D eigenvalue weighted by Crippen LogP contribution is -2.42. The maximum atomic E-state index is 10.7. The number of hydrogen-bond acceptors (Lipinski definition) is 2. The van der Waals surface area contributed by atoms with Gasteiger partial charge in [0.05, 0.1) is 0 Å². The summed E-state index contributed by atoms with van der Waals surface area (Å²) in [5, 5.41) is 12.0. The standard InChI is InChI=1S/C11H21NO2/c1-7-5-11(3,4)6-9(7)12-8(2)10(13)14/h7-9,12H,5-6H2,1-4H3,(H,13,14)/t7?,8-,9?/m0/s1. The zero-order valence-corrected chi connectivity index (χ0v) is 9.50. The van der Waals surface area contributed by atoms with E-state index in [9.17, 15) is 4.79 Å². The molecule has 0 aromatic rings. The van der Waals surface area contributed by atoms with Crippen LogP contribution in [0.3, 0.4) is 0 Å². The molecule has 1 aliphatic carbocycles. The molecule has 2 N–H and O–H groups in total. The summed E-state index contributed by atoms with van der Waals surface area (Å²) in [7, 11) is 0. The first-order chi connectivity index (χ1) is 6.32. The number of carbonyl (C=O) groups is 1. The molecule has 2 unspecified atom stereocenters. The fraction of sp³-hybridized carbons (Fsp3) is 0.909. The van der Waals surface area contributed by atoms with Crippen molar-refractivity contribution in [3.05, 3.63) is 0 Å². The summed E-state index contributed by atoms with van der Waals surface area (Å²) >= 11 is 0. The Morgan fingerprint density at radius 2 is 2.07 bits per heavy atom. The normalized spacial score (nSPS) is 32.9. The van der Waals surface area contributed by atoms with Crippen LogP contribution in [0.5, 0.6) is 0 Å². The van der Waals surface area contributed by atoms with Crippen LogP contribution in [0.15, 0.2) is 0 Å². The van der Waals surface area contributed by atoms with Crippen molar-refractivity contribution in [3.8, 4) is 0 Å². The van der Waals surface area contributed by atoms with Gasteiger partial charge < -0.3 is 10.4 Å². The van der Waals surface area contributed by atoms with Crippen LogP contribution >= 0.6 is 0 Å². The van der Waals surface area contributed by atoms with Gasteiger partial charge >= 0.3 is 5.97 Å². The van der Waals surface area contributed by atoms with E-state index < -0.39 is 12.0 Å². The van der Waals surface area contributed by atoms with Crippen molar-refractivity contribution in [1.29, 1.82) is 0 Å². The van der Waals surface area contributed by atoms with Crippen LogP contribution in [-0.4, -0.2) is 23.2 Å². The van der Waals surface area contributed by atoms with Crippen molar-refractivity contribution in [2.45, 2.75) is 52.6 Å². The van der Waals surface area contributed by atoms with Crippen LogP contribution in [0.2, 0.25) is 0 Å². The first-order valence-corrected chi connectivity index (χ1v) is 5.31. The summed E-state index contributed by atoms with van der Waals surface area (Å²) in [6.45, 7) is 8.40. The monoisotopic (exact) mass is 199 g/mol. The molecular formula is C11H21NO2. The second-order valence-electron chi connectivity index (χ2n) is 5.38. The molecule has 0 aromatic carbocycles. The van der Waals surface area contributed by atoms with E-state index in [1.807, 2.05) is 0 Å². The Labute approximate surface area is 85.9 Å². The Balaban J connectivity index is 2.51. The minimum absolute atomic E-state index is 0.356. The van der Waals surface area contributed by atoms with Gasteiger partial charge in [0, 0.05) is 6.04 Å². The number of rotatable bonds is 3. The largest absolute Gasteiger partial charge is 0.480 e. The van der Waals surface area contributed by atoms with Crippen molar-refractivity contribution in [2.24, 2.45) is 11.3 Å². The Morgan fingerprint density at radius 1 is 1.50 bits per heavy atom. The highest BCUT2D eigenvalue weighted by Crippen LogP contribution is 2.40.